The first-order valence-corrected chi connectivity index (χ1v) is 17.4. The summed E-state index contributed by atoms with van der Waals surface area (Å²) < 4.78 is 28.3. The Hall–Kier alpha value is -0.690. The molecular weight excluding hydrogens is 494 g/mol. The molecule has 0 amide bonds. The van der Waals surface area contributed by atoms with Crippen LogP contribution >= 0.6 is 0 Å². The van der Waals surface area contributed by atoms with E-state index in [1.165, 1.54) is 55.9 Å². The van der Waals surface area contributed by atoms with E-state index in [2.05, 4.69) is 26.0 Å². The molecule has 0 aromatic carbocycles. The first kappa shape index (κ1) is 26.2. The normalized spacial score (nSPS) is 51.3. The van der Waals surface area contributed by atoms with Gasteiger partial charge in [0.1, 0.15) is 0 Å². The highest BCUT2D eigenvalue weighted by atomic mass is 32.2. The van der Waals surface area contributed by atoms with Crippen LogP contribution in [0.3, 0.4) is 0 Å². The Balaban J connectivity index is 1.16. The fourth-order valence-corrected chi connectivity index (χ4v) is 12.8. The summed E-state index contributed by atoms with van der Waals surface area (Å²) in [4.78, 5) is 0. The van der Waals surface area contributed by atoms with Crippen molar-refractivity contribution < 1.29 is 18.6 Å². The molecule has 7 fully saturated rings. The van der Waals surface area contributed by atoms with Crippen molar-refractivity contribution in [2.75, 3.05) is 19.3 Å². The highest BCUT2D eigenvalue weighted by molar-refractivity contribution is 7.88. The third kappa shape index (κ3) is 3.82. The molecule has 0 aliphatic heterocycles. The zero-order valence-electron chi connectivity index (χ0n) is 23.8. The fourth-order valence-electron chi connectivity index (χ4n) is 11.8. The van der Waals surface area contributed by atoms with Gasteiger partial charge in [-0.2, -0.15) is 4.31 Å². The molecule has 8 aliphatic carbocycles. The summed E-state index contributed by atoms with van der Waals surface area (Å²) in [5, 5.41) is 22.7. The Bertz CT molecular complexity index is 1140. The lowest BCUT2D eigenvalue weighted by Crippen LogP contribution is -2.59. The SMILES string of the molecule is CC12CCC(O)CC1=CC=C1C2CCC2(C)C1CCC2(O)CN(CC12CC3CC(CC(C3)C1)C2)S(C)(=O)=O. The van der Waals surface area contributed by atoms with E-state index in [4.69, 9.17) is 0 Å². The first-order chi connectivity index (χ1) is 17.8. The molecule has 5 nitrogen and oxygen atoms in total. The first-order valence-electron chi connectivity index (χ1n) is 15.6. The van der Waals surface area contributed by atoms with Gasteiger partial charge in [0.2, 0.25) is 10.0 Å². The van der Waals surface area contributed by atoms with Crippen LogP contribution in [-0.4, -0.2) is 54.0 Å². The van der Waals surface area contributed by atoms with Crippen LogP contribution in [-0.2, 0) is 10.0 Å². The molecule has 0 aromatic heterocycles. The van der Waals surface area contributed by atoms with E-state index >= 15 is 0 Å². The molecule has 0 saturated heterocycles. The second-order valence-corrected chi connectivity index (χ2v) is 17.7. The largest absolute Gasteiger partial charge is 0.393 e. The van der Waals surface area contributed by atoms with Crippen LogP contribution in [0.15, 0.2) is 23.3 Å². The van der Waals surface area contributed by atoms with Crippen LogP contribution < -0.4 is 0 Å². The third-order valence-corrected chi connectivity index (χ3v) is 14.6. The molecule has 8 rings (SSSR count). The van der Waals surface area contributed by atoms with Crippen LogP contribution in [0.4, 0.5) is 0 Å². The van der Waals surface area contributed by atoms with E-state index in [9.17, 15) is 18.6 Å². The number of allylic oxidation sites excluding steroid dienone is 3. The molecular formula is C32H49NO4S. The topological polar surface area (TPSA) is 77.8 Å². The van der Waals surface area contributed by atoms with E-state index in [0.29, 0.717) is 24.8 Å². The minimum atomic E-state index is -3.43. The van der Waals surface area contributed by atoms with E-state index < -0.39 is 15.6 Å². The highest BCUT2D eigenvalue weighted by Gasteiger charge is 2.63. The van der Waals surface area contributed by atoms with Crippen molar-refractivity contribution in [3.8, 4) is 0 Å². The molecule has 0 spiro atoms. The van der Waals surface area contributed by atoms with E-state index in [-0.39, 0.29) is 28.9 Å². The molecule has 4 bridgehead atoms. The van der Waals surface area contributed by atoms with Crippen molar-refractivity contribution in [3.05, 3.63) is 23.3 Å². The monoisotopic (exact) mass is 543 g/mol. The molecule has 0 radical (unpaired) electrons. The van der Waals surface area contributed by atoms with Crippen LogP contribution in [0.5, 0.6) is 0 Å². The van der Waals surface area contributed by atoms with Crippen molar-refractivity contribution in [2.24, 2.45) is 45.8 Å². The molecule has 0 aromatic rings. The number of nitrogens with zero attached hydrogens (tertiary/aromatic N) is 1. The Morgan fingerprint density at radius 2 is 1.53 bits per heavy atom. The summed E-state index contributed by atoms with van der Waals surface area (Å²) in [6.45, 7) is 5.53. The lowest BCUT2D eigenvalue weighted by Gasteiger charge is -2.58. The van der Waals surface area contributed by atoms with E-state index in [0.717, 1.165) is 56.3 Å². The summed E-state index contributed by atoms with van der Waals surface area (Å²) in [5.41, 5.74) is 1.82. The number of fused-ring (bicyclic) bond motifs is 5. The molecule has 212 valence electrons. The van der Waals surface area contributed by atoms with Gasteiger partial charge in [0, 0.05) is 18.5 Å². The van der Waals surface area contributed by atoms with Gasteiger partial charge >= 0.3 is 0 Å². The number of aliphatic hydroxyl groups is 2. The zero-order valence-corrected chi connectivity index (χ0v) is 24.6. The molecule has 6 heteroatoms. The number of sulfonamides is 1. The smallest absolute Gasteiger partial charge is 0.211 e. The molecule has 7 saturated carbocycles. The number of hydrogen-bond donors (Lipinski definition) is 2. The molecule has 6 unspecified atom stereocenters. The Morgan fingerprint density at radius 3 is 2.16 bits per heavy atom. The Kier molecular flexibility index (Phi) is 5.81. The van der Waals surface area contributed by atoms with E-state index in [1.807, 2.05) is 0 Å². The second kappa shape index (κ2) is 8.42. The number of rotatable bonds is 5. The standard InChI is InChI=1S/C32H49NO4S/c1-29-9-6-25(34)15-24(29)4-5-26-27(29)7-10-30(2)28(26)8-11-32(30,35)20-33(38(3,36)37)19-31-16-21-12-22(17-31)14-23(13-21)18-31/h4-5,21-23,25,27-28,34-35H,6-20H2,1-3H3. The average Bonchev–Trinajstić information content (AvgIpc) is 3.08. The molecule has 6 atom stereocenters. The van der Waals surface area contributed by atoms with Gasteiger partial charge in [-0.05, 0) is 124 Å². The minimum absolute atomic E-state index is 0.114. The van der Waals surface area contributed by atoms with Crippen LogP contribution in [0, 0.1) is 45.8 Å². The maximum absolute atomic E-state index is 13.3. The molecule has 0 heterocycles. The lowest BCUT2D eigenvalue weighted by molar-refractivity contribution is -0.105. The predicted octanol–water partition coefficient (Wildman–Crippen LogP) is 5.44. The van der Waals surface area contributed by atoms with Crippen LogP contribution in [0.2, 0.25) is 0 Å². The molecule has 8 aliphatic rings. The lowest BCUT2D eigenvalue weighted by atomic mass is 9.49. The molecule has 2 N–H and O–H groups in total. The van der Waals surface area contributed by atoms with Crippen LogP contribution in [0.1, 0.15) is 97.3 Å². The van der Waals surface area contributed by atoms with E-state index in [1.54, 1.807) is 4.31 Å². The predicted molar refractivity (Wildman–Crippen MR) is 150 cm³/mol. The minimum Gasteiger partial charge on any atom is -0.393 e. The van der Waals surface area contributed by atoms with Crippen molar-refractivity contribution in [3.63, 3.8) is 0 Å². The summed E-state index contributed by atoms with van der Waals surface area (Å²) in [5.74, 6) is 3.13. The summed E-state index contributed by atoms with van der Waals surface area (Å²) in [6, 6.07) is 0. The van der Waals surface area contributed by atoms with Gasteiger partial charge in [0.15, 0.2) is 0 Å². The fraction of sp³-hybridized carbons (Fsp3) is 0.875. The Labute approximate surface area is 230 Å². The Morgan fingerprint density at radius 1 is 0.895 bits per heavy atom. The summed E-state index contributed by atoms with van der Waals surface area (Å²) >= 11 is 0. The summed E-state index contributed by atoms with van der Waals surface area (Å²) in [7, 11) is -3.43. The zero-order chi connectivity index (χ0) is 26.7. The van der Waals surface area contributed by atoms with Gasteiger partial charge in [0.25, 0.3) is 0 Å². The van der Waals surface area contributed by atoms with Gasteiger partial charge in [0.05, 0.1) is 18.0 Å². The van der Waals surface area contributed by atoms with Gasteiger partial charge in [-0.1, -0.05) is 37.1 Å². The maximum atomic E-state index is 13.3. The average molecular weight is 544 g/mol. The van der Waals surface area contributed by atoms with Gasteiger partial charge in [-0.15, -0.1) is 0 Å². The summed E-state index contributed by atoms with van der Waals surface area (Å²) in [6.07, 6.45) is 19.7. The van der Waals surface area contributed by atoms with Gasteiger partial charge in [-0.3, -0.25) is 0 Å². The van der Waals surface area contributed by atoms with Gasteiger partial charge < -0.3 is 10.2 Å². The third-order valence-electron chi connectivity index (χ3n) is 13.5. The van der Waals surface area contributed by atoms with Crippen molar-refractivity contribution >= 4 is 10.0 Å². The van der Waals surface area contributed by atoms with Crippen LogP contribution in [0.25, 0.3) is 0 Å². The number of hydrogen-bond acceptors (Lipinski definition) is 4. The highest BCUT2D eigenvalue weighted by Crippen LogP contribution is 2.66. The number of aliphatic hydroxyl groups excluding tert-OH is 1. The quantitative estimate of drug-likeness (QED) is 0.484. The maximum Gasteiger partial charge on any atom is 0.211 e. The second-order valence-electron chi connectivity index (χ2n) is 15.8. The van der Waals surface area contributed by atoms with Crippen molar-refractivity contribution in [1.82, 2.24) is 4.31 Å². The molecule has 38 heavy (non-hydrogen) atoms. The van der Waals surface area contributed by atoms with Crippen molar-refractivity contribution in [2.45, 2.75) is 109 Å². The van der Waals surface area contributed by atoms with Gasteiger partial charge in [-0.25, -0.2) is 8.42 Å². The van der Waals surface area contributed by atoms with Crippen molar-refractivity contribution in [1.29, 1.82) is 0 Å².